The zero-order valence-electron chi connectivity index (χ0n) is 16.1. The summed E-state index contributed by atoms with van der Waals surface area (Å²) in [6, 6.07) is 34.9. The number of allylic oxidation sites excluding steroid dienone is 1. The third-order valence-electron chi connectivity index (χ3n) is 4.58. The Kier molecular flexibility index (Phi) is 5.71. The third kappa shape index (κ3) is 4.15. The van der Waals surface area contributed by atoms with E-state index in [1.165, 1.54) is 0 Å². The van der Waals surface area contributed by atoms with E-state index in [0.29, 0.717) is 0 Å². The molecule has 4 aromatic rings. The van der Waals surface area contributed by atoms with Crippen molar-refractivity contribution in [2.75, 3.05) is 4.90 Å². The fraction of sp³-hybridized carbons (Fsp3) is 0. The molecule has 0 aliphatic carbocycles. The van der Waals surface area contributed by atoms with Crippen molar-refractivity contribution in [3.8, 4) is 16.5 Å². The SMILES string of the molecule is [C-]#[N+]/C(C#N)=C\c1ccc(-c2ccc(N(c3ccccc3)c3ccccc3)cc2)s1. The van der Waals surface area contributed by atoms with Gasteiger partial charge in [-0.05, 0) is 60.2 Å². The largest absolute Gasteiger partial charge is 0.311 e. The van der Waals surface area contributed by atoms with Gasteiger partial charge < -0.3 is 4.90 Å². The van der Waals surface area contributed by atoms with Crippen LogP contribution in [0.1, 0.15) is 4.88 Å². The second-order valence-corrected chi connectivity index (χ2v) is 7.62. The van der Waals surface area contributed by atoms with E-state index < -0.39 is 0 Å². The molecule has 30 heavy (non-hydrogen) atoms. The highest BCUT2D eigenvalue weighted by molar-refractivity contribution is 7.16. The molecule has 0 saturated carbocycles. The summed E-state index contributed by atoms with van der Waals surface area (Å²) in [5.41, 5.74) is 4.48. The Labute approximate surface area is 180 Å². The Bertz CT molecular complexity index is 1190. The summed E-state index contributed by atoms with van der Waals surface area (Å²) in [6.07, 6.45) is 1.63. The van der Waals surface area contributed by atoms with Gasteiger partial charge in [0.1, 0.15) is 0 Å². The molecule has 0 aliphatic rings. The van der Waals surface area contributed by atoms with E-state index in [-0.39, 0.29) is 5.70 Å². The smallest absolute Gasteiger partial charge is 0.263 e. The molecule has 0 bridgehead atoms. The first-order chi connectivity index (χ1) is 14.8. The van der Waals surface area contributed by atoms with E-state index in [1.807, 2.05) is 54.6 Å². The van der Waals surface area contributed by atoms with Crippen molar-refractivity contribution >= 4 is 34.5 Å². The molecule has 0 atom stereocenters. The minimum Gasteiger partial charge on any atom is -0.311 e. The Balaban J connectivity index is 1.67. The van der Waals surface area contributed by atoms with E-state index in [9.17, 15) is 0 Å². The number of anilines is 3. The van der Waals surface area contributed by atoms with Gasteiger partial charge in [-0.1, -0.05) is 48.5 Å². The molecule has 0 fully saturated rings. The van der Waals surface area contributed by atoms with E-state index in [2.05, 4.69) is 58.3 Å². The maximum Gasteiger partial charge on any atom is 0.263 e. The molecule has 1 heterocycles. The van der Waals surface area contributed by atoms with E-state index in [4.69, 9.17) is 11.8 Å². The lowest BCUT2D eigenvalue weighted by atomic mass is 10.1. The highest BCUT2D eigenvalue weighted by atomic mass is 32.1. The predicted molar refractivity (Wildman–Crippen MR) is 125 cm³/mol. The van der Waals surface area contributed by atoms with Crippen LogP contribution in [0.15, 0.2) is 103 Å². The Hall–Kier alpha value is -4.12. The number of nitriles is 1. The van der Waals surface area contributed by atoms with Crippen LogP contribution in [0, 0.1) is 17.9 Å². The Morgan fingerprint density at radius 1 is 0.800 bits per heavy atom. The van der Waals surface area contributed by atoms with Gasteiger partial charge in [0.2, 0.25) is 0 Å². The van der Waals surface area contributed by atoms with Gasteiger partial charge in [-0.25, -0.2) is 10.1 Å². The second kappa shape index (κ2) is 8.92. The van der Waals surface area contributed by atoms with Crippen LogP contribution in [0.3, 0.4) is 0 Å². The van der Waals surface area contributed by atoms with Crippen LogP contribution in [0.25, 0.3) is 21.4 Å². The molecule has 0 radical (unpaired) electrons. The van der Waals surface area contributed by atoms with Crippen molar-refractivity contribution in [1.82, 2.24) is 0 Å². The molecule has 0 aliphatic heterocycles. The van der Waals surface area contributed by atoms with Crippen molar-refractivity contribution in [1.29, 1.82) is 5.26 Å². The lowest BCUT2D eigenvalue weighted by Gasteiger charge is -2.25. The minimum absolute atomic E-state index is 0.0973. The predicted octanol–water partition coefficient (Wildman–Crippen LogP) is 7.67. The average molecular weight is 404 g/mol. The van der Waals surface area contributed by atoms with Gasteiger partial charge in [-0.2, -0.15) is 0 Å². The summed E-state index contributed by atoms with van der Waals surface area (Å²) < 4.78 is 0. The molecule has 0 amide bonds. The van der Waals surface area contributed by atoms with Gasteiger partial charge in [0.25, 0.3) is 5.70 Å². The highest BCUT2D eigenvalue weighted by Crippen LogP contribution is 2.36. The van der Waals surface area contributed by atoms with Gasteiger partial charge in [0.15, 0.2) is 0 Å². The fourth-order valence-corrected chi connectivity index (χ4v) is 4.14. The second-order valence-electron chi connectivity index (χ2n) is 6.51. The number of thiophene rings is 1. The van der Waals surface area contributed by atoms with Crippen LogP contribution in [0.5, 0.6) is 0 Å². The summed E-state index contributed by atoms with van der Waals surface area (Å²) in [5, 5.41) is 8.95. The average Bonchev–Trinajstić information content (AvgIpc) is 3.28. The van der Waals surface area contributed by atoms with Crippen LogP contribution < -0.4 is 4.90 Å². The molecule has 142 valence electrons. The zero-order chi connectivity index (χ0) is 20.8. The van der Waals surface area contributed by atoms with Crippen molar-refractivity contribution in [2.24, 2.45) is 0 Å². The summed E-state index contributed by atoms with van der Waals surface area (Å²) in [5.74, 6) is 0. The number of rotatable bonds is 5. The van der Waals surface area contributed by atoms with E-state index in [0.717, 1.165) is 32.4 Å². The quantitative estimate of drug-likeness (QED) is 0.253. The Morgan fingerprint density at radius 3 is 1.90 bits per heavy atom. The van der Waals surface area contributed by atoms with Gasteiger partial charge in [-0.15, -0.1) is 11.3 Å². The molecule has 3 aromatic carbocycles. The topological polar surface area (TPSA) is 31.4 Å². The molecular formula is C26H17N3S. The highest BCUT2D eigenvalue weighted by Gasteiger charge is 2.12. The molecule has 0 unspecified atom stereocenters. The molecule has 1 aromatic heterocycles. The number of para-hydroxylation sites is 2. The first kappa shape index (κ1) is 19.2. The maximum absolute atomic E-state index is 8.95. The minimum atomic E-state index is 0.0973. The normalized spacial score (nSPS) is 10.8. The summed E-state index contributed by atoms with van der Waals surface area (Å²) in [6.45, 7) is 7.02. The van der Waals surface area contributed by atoms with Crippen LogP contribution in [0.4, 0.5) is 17.1 Å². The number of nitrogens with zero attached hydrogens (tertiary/aromatic N) is 3. The van der Waals surface area contributed by atoms with Gasteiger partial charge >= 0.3 is 0 Å². The maximum atomic E-state index is 8.95. The van der Waals surface area contributed by atoms with Crippen molar-refractivity contribution in [3.63, 3.8) is 0 Å². The lowest BCUT2D eigenvalue weighted by Crippen LogP contribution is -2.09. The van der Waals surface area contributed by atoms with Crippen LogP contribution in [-0.4, -0.2) is 0 Å². The van der Waals surface area contributed by atoms with Crippen LogP contribution in [0.2, 0.25) is 0 Å². The number of hydrogen-bond donors (Lipinski definition) is 0. The molecule has 0 spiro atoms. The van der Waals surface area contributed by atoms with Crippen molar-refractivity contribution in [3.05, 3.63) is 119 Å². The molecule has 4 heteroatoms. The van der Waals surface area contributed by atoms with Gasteiger partial charge in [0.05, 0.1) is 12.6 Å². The molecule has 4 rings (SSSR count). The van der Waals surface area contributed by atoms with Gasteiger partial charge in [0, 0.05) is 26.8 Å². The fourth-order valence-electron chi connectivity index (χ4n) is 3.19. The monoisotopic (exact) mass is 403 g/mol. The zero-order valence-corrected chi connectivity index (χ0v) is 16.9. The Morgan fingerprint density at radius 2 is 1.37 bits per heavy atom. The molecule has 0 saturated heterocycles. The summed E-state index contributed by atoms with van der Waals surface area (Å²) in [7, 11) is 0. The number of benzene rings is 3. The van der Waals surface area contributed by atoms with Crippen LogP contribution in [-0.2, 0) is 0 Å². The third-order valence-corrected chi connectivity index (χ3v) is 5.66. The van der Waals surface area contributed by atoms with Gasteiger partial charge in [-0.3, -0.25) is 0 Å². The lowest BCUT2D eigenvalue weighted by molar-refractivity contribution is 1.28. The first-order valence-electron chi connectivity index (χ1n) is 9.38. The molecule has 0 N–H and O–H groups in total. The standard InChI is InChI=1S/C26H17N3S/c1-28-21(19-27)18-25-16-17-26(30-25)20-12-14-24(15-13-20)29(22-8-4-2-5-9-22)23-10-6-3-7-11-23/h2-18H/b21-18-. The summed E-state index contributed by atoms with van der Waals surface area (Å²) in [4.78, 5) is 7.45. The van der Waals surface area contributed by atoms with E-state index in [1.54, 1.807) is 17.4 Å². The number of hydrogen-bond acceptors (Lipinski definition) is 3. The first-order valence-corrected chi connectivity index (χ1v) is 10.2. The van der Waals surface area contributed by atoms with Crippen molar-refractivity contribution < 1.29 is 0 Å². The van der Waals surface area contributed by atoms with Crippen LogP contribution >= 0.6 is 11.3 Å². The van der Waals surface area contributed by atoms with E-state index >= 15 is 0 Å². The summed E-state index contributed by atoms with van der Waals surface area (Å²) >= 11 is 1.57. The molecule has 3 nitrogen and oxygen atoms in total. The van der Waals surface area contributed by atoms with Crippen molar-refractivity contribution in [2.45, 2.75) is 0 Å². The molecular weight excluding hydrogens is 386 g/mol.